The summed E-state index contributed by atoms with van der Waals surface area (Å²) in [6.45, 7) is 6.05. The number of hydrogen-bond donors (Lipinski definition) is 2. The molecule has 0 atom stereocenters. The highest BCUT2D eigenvalue weighted by atomic mass is 32.2. The molecule has 1 aliphatic carbocycles. The van der Waals surface area contributed by atoms with Gasteiger partial charge in [0.2, 0.25) is 10.0 Å². The highest BCUT2D eigenvalue weighted by Gasteiger charge is 2.37. The summed E-state index contributed by atoms with van der Waals surface area (Å²) in [6.07, 6.45) is 1.78. The highest BCUT2D eigenvalue weighted by Crippen LogP contribution is 2.42. The predicted molar refractivity (Wildman–Crippen MR) is 73.8 cm³/mol. The SMILES string of the molecule is CCN(C(=O)c1n[nH]c(C2CC2)c1S(N)(=O)=O)C(C)C. The summed E-state index contributed by atoms with van der Waals surface area (Å²) in [5, 5.41) is 11.9. The molecule has 3 N–H and O–H groups in total. The number of carbonyl (C=O) groups is 1. The lowest BCUT2D eigenvalue weighted by atomic mass is 10.2. The molecule has 1 amide bonds. The van der Waals surface area contributed by atoms with E-state index in [1.807, 2.05) is 20.8 Å². The first-order chi connectivity index (χ1) is 9.27. The minimum absolute atomic E-state index is 0.0399. The van der Waals surface area contributed by atoms with Crippen molar-refractivity contribution < 1.29 is 13.2 Å². The summed E-state index contributed by atoms with van der Waals surface area (Å²) in [5.41, 5.74) is 0.376. The lowest BCUT2D eigenvalue weighted by Gasteiger charge is -2.24. The molecule has 0 spiro atoms. The Morgan fingerprint density at radius 3 is 2.50 bits per heavy atom. The summed E-state index contributed by atoms with van der Waals surface area (Å²) in [7, 11) is -3.98. The Bertz CT molecular complexity index is 617. The van der Waals surface area contributed by atoms with Crippen LogP contribution in [0.15, 0.2) is 4.90 Å². The number of aromatic amines is 1. The molecule has 7 nitrogen and oxygen atoms in total. The van der Waals surface area contributed by atoms with Crippen molar-refractivity contribution in [2.75, 3.05) is 6.54 Å². The standard InChI is InChI=1S/C12H20N4O3S/c1-4-16(7(2)3)12(17)10-11(20(13,18)19)9(14-15-10)8-5-6-8/h7-8H,4-6H2,1-3H3,(H,14,15)(H2,13,18,19). The van der Waals surface area contributed by atoms with E-state index in [0.29, 0.717) is 12.2 Å². The maximum Gasteiger partial charge on any atom is 0.275 e. The molecule has 0 radical (unpaired) electrons. The third kappa shape index (κ3) is 2.71. The smallest absolute Gasteiger partial charge is 0.275 e. The molecular formula is C12H20N4O3S. The van der Waals surface area contributed by atoms with Crippen LogP contribution in [0.3, 0.4) is 0 Å². The van der Waals surface area contributed by atoms with Crippen LogP contribution in [0.1, 0.15) is 55.7 Å². The zero-order valence-corrected chi connectivity index (χ0v) is 12.7. The molecule has 0 bridgehead atoms. The fourth-order valence-corrected chi connectivity index (χ4v) is 3.23. The van der Waals surface area contributed by atoms with Gasteiger partial charge in [0.25, 0.3) is 5.91 Å². The monoisotopic (exact) mass is 300 g/mol. The van der Waals surface area contributed by atoms with Gasteiger partial charge in [0, 0.05) is 18.5 Å². The number of amides is 1. The Hall–Kier alpha value is -1.41. The second-order valence-electron chi connectivity index (χ2n) is 5.32. The van der Waals surface area contributed by atoms with E-state index >= 15 is 0 Å². The molecule has 1 aliphatic rings. The predicted octanol–water partition coefficient (Wildman–Crippen LogP) is 0.805. The van der Waals surface area contributed by atoms with Crippen molar-refractivity contribution >= 4 is 15.9 Å². The maximum absolute atomic E-state index is 12.5. The Balaban J connectivity index is 2.49. The molecule has 1 saturated carbocycles. The second kappa shape index (κ2) is 5.17. The Morgan fingerprint density at radius 2 is 2.10 bits per heavy atom. The van der Waals surface area contributed by atoms with E-state index in [2.05, 4.69) is 10.2 Å². The normalized spacial score (nSPS) is 15.7. The van der Waals surface area contributed by atoms with Crippen LogP contribution in [-0.4, -0.2) is 42.0 Å². The maximum atomic E-state index is 12.5. The summed E-state index contributed by atoms with van der Waals surface area (Å²) in [4.78, 5) is 13.9. The zero-order valence-electron chi connectivity index (χ0n) is 11.9. The fraction of sp³-hybridized carbons (Fsp3) is 0.667. The largest absolute Gasteiger partial charge is 0.335 e. The molecule has 0 unspecified atom stereocenters. The first-order valence-corrected chi connectivity index (χ1v) is 8.24. The van der Waals surface area contributed by atoms with Gasteiger partial charge in [-0.15, -0.1) is 0 Å². The number of sulfonamides is 1. The molecule has 0 saturated heterocycles. The van der Waals surface area contributed by atoms with Crippen molar-refractivity contribution in [3.63, 3.8) is 0 Å². The van der Waals surface area contributed by atoms with Crippen molar-refractivity contribution in [2.45, 2.75) is 50.5 Å². The van der Waals surface area contributed by atoms with E-state index in [0.717, 1.165) is 12.8 Å². The number of nitrogens with one attached hydrogen (secondary N) is 1. The Kier molecular flexibility index (Phi) is 3.88. The van der Waals surface area contributed by atoms with Crippen molar-refractivity contribution in [1.82, 2.24) is 15.1 Å². The van der Waals surface area contributed by atoms with E-state index in [9.17, 15) is 13.2 Å². The first-order valence-electron chi connectivity index (χ1n) is 6.69. The third-order valence-electron chi connectivity index (χ3n) is 3.45. The molecule has 0 aliphatic heterocycles. The van der Waals surface area contributed by atoms with E-state index in [1.165, 1.54) is 0 Å². The molecule has 1 aromatic rings. The van der Waals surface area contributed by atoms with Crippen LogP contribution >= 0.6 is 0 Å². The summed E-state index contributed by atoms with van der Waals surface area (Å²) in [6, 6.07) is -0.0399. The average Bonchev–Trinajstić information content (AvgIpc) is 3.06. The number of aromatic nitrogens is 2. The fourth-order valence-electron chi connectivity index (χ4n) is 2.31. The zero-order chi connectivity index (χ0) is 15.1. The number of primary sulfonamides is 1. The van der Waals surface area contributed by atoms with Gasteiger partial charge >= 0.3 is 0 Å². The summed E-state index contributed by atoms with van der Waals surface area (Å²) in [5.74, 6) is -0.291. The highest BCUT2D eigenvalue weighted by molar-refractivity contribution is 7.89. The van der Waals surface area contributed by atoms with Gasteiger partial charge in [-0.1, -0.05) is 0 Å². The summed E-state index contributed by atoms with van der Waals surface area (Å²) < 4.78 is 23.6. The quantitative estimate of drug-likeness (QED) is 0.838. The van der Waals surface area contributed by atoms with Gasteiger partial charge in [0.15, 0.2) is 5.69 Å². The van der Waals surface area contributed by atoms with Gasteiger partial charge in [0.1, 0.15) is 4.90 Å². The molecule has 112 valence electrons. The van der Waals surface area contributed by atoms with Gasteiger partial charge < -0.3 is 4.90 Å². The Morgan fingerprint density at radius 1 is 1.50 bits per heavy atom. The van der Waals surface area contributed by atoms with Crippen LogP contribution in [0.25, 0.3) is 0 Å². The van der Waals surface area contributed by atoms with Gasteiger partial charge in [-0.25, -0.2) is 13.6 Å². The number of nitrogens with two attached hydrogens (primary N) is 1. The van der Waals surface area contributed by atoms with Crippen LogP contribution in [0.2, 0.25) is 0 Å². The van der Waals surface area contributed by atoms with Crippen molar-refractivity contribution in [3.05, 3.63) is 11.4 Å². The third-order valence-corrected chi connectivity index (χ3v) is 4.43. The lowest BCUT2D eigenvalue weighted by molar-refractivity contribution is 0.0707. The number of rotatable bonds is 5. The number of carbonyl (C=O) groups excluding carboxylic acids is 1. The van der Waals surface area contributed by atoms with Crippen molar-refractivity contribution in [3.8, 4) is 0 Å². The van der Waals surface area contributed by atoms with Crippen LogP contribution in [0, 0.1) is 0 Å². The van der Waals surface area contributed by atoms with E-state index in [4.69, 9.17) is 5.14 Å². The molecule has 0 aromatic carbocycles. The van der Waals surface area contributed by atoms with Gasteiger partial charge in [0.05, 0.1) is 5.69 Å². The van der Waals surface area contributed by atoms with Crippen LogP contribution in [0.4, 0.5) is 0 Å². The molecular weight excluding hydrogens is 280 g/mol. The molecule has 20 heavy (non-hydrogen) atoms. The van der Waals surface area contributed by atoms with Gasteiger partial charge in [-0.2, -0.15) is 5.10 Å². The van der Waals surface area contributed by atoms with E-state index < -0.39 is 15.9 Å². The molecule has 1 heterocycles. The first kappa shape index (κ1) is 15.0. The number of hydrogen-bond acceptors (Lipinski definition) is 4. The minimum Gasteiger partial charge on any atom is -0.335 e. The molecule has 8 heteroatoms. The molecule has 1 fully saturated rings. The van der Waals surface area contributed by atoms with Gasteiger partial charge in [-0.3, -0.25) is 9.89 Å². The summed E-state index contributed by atoms with van der Waals surface area (Å²) >= 11 is 0. The van der Waals surface area contributed by atoms with Crippen molar-refractivity contribution in [1.29, 1.82) is 0 Å². The molecule has 1 aromatic heterocycles. The van der Waals surface area contributed by atoms with Crippen LogP contribution in [0.5, 0.6) is 0 Å². The van der Waals surface area contributed by atoms with Crippen LogP contribution < -0.4 is 5.14 Å². The van der Waals surface area contributed by atoms with Gasteiger partial charge in [-0.05, 0) is 33.6 Å². The molecule has 2 rings (SSSR count). The minimum atomic E-state index is -3.98. The van der Waals surface area contributed by atoms with E-state index in [-0.39, 0.29) is 22.5 Å². The lowest BCUT2D eigenvalue weighted by Crippen LogP contribution is -2.37. The van der Waals surface area contributed by atoms with Crippen LogP contribution in [-0.2, 0) is 10.0 Å². The van der Waals surface area contributed by atoms with Crippen molar-refractivity contribution in [2.24, 2.45) is 5.14 Å². The second-order valence-corrected chi connectivity index (χ2v) is 6.82. The van der Waals surface area contributed by atoms with E-state index in [1.54, 1.807) is 4.90 Å². The topological polar surface area (TPSA) is 109 Å². The Labute approximate surface area is 118 Å². The number of nitrogens with zero attached hydrogens (tertiary/aromatic N) is 2. The average molecular weight is 300 g/mol. The number of H-pyrrole nitrogens is 1.